The molecule has 0 amide bonds. The highest BCUT2D eigenvalue weighted by Gasteiger charge is 2.01. The summed E-state index contributed by atoms with van der Waals surface area (Å²) in [5.41, 5.74) is 0.262. The molecule has 2 heteroatoms. The molecule has 0 saturated carbocycles. The summed E-state index contributed by atoms with van der Waals surface area (Å²) in [7, 11) is 0. The highest BCUT2D eigenvalue weighted by Crippen LogP contribution is 2.04. The molecule has 0 spiro atoms. The number of rotatable bonds is 8. The normalized spacial score (nSPS) is 10.8. The molecule has 0 bridgehead atoms. The van der Waals surface area contributed by atoms with E-state index in [0.29, 0.717) is 0 Å². The number of carboxylic acid groups (broad SMARTS) is 1. The van der Waals surface area contributed by atoms with Crippen molar-refractivity contribution in [3.8, 4) is 11.8 Å². The lowest BCUT2D eigenvalue weighted by molar-refractivity contribution is -0.132. The van der Waals surface area contributed by atoms with E-state index in [4.69, 9.17) is 5.11 Å². The largest absolute Gasteiger partial charge is 0.477 e. The fourth-order valence-electron chi connectivity index (χ4n) is 1.45. The number of carbonyl (C=O) groups is 1. The van der Waals surface area contributed by atoms with Crippen LogP contribution >= 0.6 is 0 Å². The highest BCUT2D eigenvalue weighted by atomic mass is 16.4. The first kappa shape index (κ1) is 15.8. The SMILES string of the molecule is CCCCCC#C/C(=C\CCCCC)C(=O)O. The van der Waals surface area contributed by atoms with Crippen LogP contribution in [0.3, 0.4) is 0 Å². The van der Waals surface area contributed by atoms with Gasteiger partial charge in [-0.15, -0.1) is 0 Å². The second-order valence-corrected chi connectivity index (χ2v) is 4.18. The average Bonchev–Trinajstić information content (AvgIpc) is 2.31. The maximum absolute atomic E-state index is 10.9. The molecule has 0 aliphatic carbocycles. The molecule has 0 aromatic rings. The molecule has 0 fully saturated rings. The molecule has 0 radical (unpaired) electrons. The maximum atomic E-state index is 10.9. The zero-order valence-corrected chi connectivity index (χ0v) is 11.1. The second kappa shape index (κ2) is 11.3. The van der Waals surface area contributed by atoms with E-state index in [2.05, 4.69) is 25.7 Å². The minimum atomic E-state index is -0.899. The van der Waals surface area contributed by atoms with Gasteiger partial charge in [-0.25, -0.2) is 4.79 Å². The molecule has 0 saturated heterocycles. The Bertz CT molecular complexity index is 292. The van der Waals surface area contributed by atoms with Crippen molar-refractivity contribution in [3.05, 3.63) is 11.6 Å². The Morgan fingerprint density at radius 1 is 1.12 bits per heavy atom. The first-order valence-electron chi connectivity index (χ1n) is 6.64. The number of aliphatic carboxylic acids is 1. The Morgan fingerprint density at radius 2 is 1.76 bits per heavy atom. The van der Waals surface area contributed by atoms with E-state index in [0.717, 1.165) is 44.9 Å². The minimum absolute atomic E-state index is 0.262. The van der Waals surface area contributed by atoms with Crippen molar-refractivity contribution in [3.63, 3.8) is 0 Å². The van der Waals surface area contributed by atoms with Crippen LogP contribution in [0.15, 0.2) is 11.6 Å². The molecule has 2 nitrogen and oxygen atoms in total. The third-order valence-corrected chi connectivity index (χ3v) is 2.51. The fraction of sp³-hybridized carbons (Fsp3) is 0.667. The minimum Gasteiger partial charge on any atom is -0.477 e. The average molecular weight is 236 g/mol. The van der Waals surface area contributed by atoms with Crippen LogP contribution in [0.2, 0.25) is 0 Å². The molecule has 17 heavy (non-hydrogen) atoms. The number of carboxylic acids is 1. The maximum Gasteiger partial charge on any atom is 0.343 e. The Balaban J connectivity index is 4.09. The quantitative estimate of drug-likeness (QED) is 0.390. The van der Waals surface area contributed by atoms with Gasteiger partial charge in [-0.05, 0) is 19.3 Å². The Labute approximate surface area is 105 Å². The van der Waals surface area contributed by atoms with Crippen molar-refractivity contribution < 1.29 is 9.90 Å². The van der Waals surface area contributed by atoms with Crippen LogP contribution in [-0.4, -0.2) is 11.1 Å². The van der Waals surface area contributed by atoms with Crippen LogP contribution in [0, 0.1) is 11.8 Å². The molecule has 0 aliphatic heterocycles. The Kier molecular flexibility index (Phi) is 10.4. The summed E-state index contributed by atoms with van der Waals surface area (Å²) < 4.78 is 0. The molecule has 0 aromatic carbocycles. The van der Waals surface area contributed by atoms with E-state index in [9.17, 15) is 4.79 Å². The van der Waals surface area contributed by atoms with Gasteiger partial charge >= 0.3 is 5.97 Å². The van der Waals surface area contributed by atoms with Crippen LogP contribution in [0.25, 0.3) is 0 Å². The summed E-state index contributed by atoms with van der Waals surface area (Å²) in [4.78, 5) is 10.9. The van der Waals surface area contributed by atoms with E-state index in [1.54, 1.807) is 6.08 Å². The van der Waals surface area contributed by atoms with Crippen molar-refractivity contribution >= 4 is 5.97 Å². The van der Waals surface area contributed by atoms with Gasteiger partial charge in [0.25, 0.3) is 0 Å². The Hall–Kier alpha value is -1.23. The van der Waals surface area contributed by atoms with Gasteiger partial charge in [0.2, 0.25) is 0 Å². The van der Waals surface area contributed by atoms with Crippen LogP contribution in [0.1, 0.15) is 65.2 Å². The van der Waals surface area contributed by atoms with E-state index >= 15 is 0 Å². The van der Waals surface area contributed by atoms with Gasteiger partial charge in [0, 0.05) is 6.42 Å². The standard InChI is InChI=1S/C15H24O2/c1-3-5-7-9-11-13-14(15(16)17)12-10-8-6-4-2/h12H,3-10H2,1-2H3,(H,16,17)/b14-12+. The smallest absolute Gasteiger partial charge is 0.343 e. The molecule has 0 aromatic heterocycles. The van der Waals surface area contributed by atoms with E-state index in [1.165, 1.54) is 6.42 Å². The van der Waals surface area contributed by atoms with Crippen molar-refractivity contribution in [1.29, 1.82) is 0 Å². The fourth-order valence-corrected chi connectivity index (χ4v) is 1.45. The lowest BCUT2D eigenvalue weighted by Gasteiger charge is -1.94. The van der Waals surface area contributed by atoms with E-state index in [1.807, 2.05) is 0 Å². The lowest BCUT2D eigenvalue weighted by atomic mass is 10.1. The summed E-state index contributed by atoms with van der Waals surface area (Å²) >= 11 is 0. The van der Waals surface area contributed by atoms with E-state index < -0.39 is 5.97 Å². The summed E-state index contributed by atoms with van der Waals surface area (Å²) in [6.45, 7) is 4.28. The zero-order chi connectivity index (χ0) is 12.9. The third-order valence-electron chi connectivity index (χ3n) is 2.51. The molecular formula is C15H24O2. The van der Waals surface area contributed by atoms with Gasteiger partial charge in [-0.3, -0.25) is 0 Å². The van der Waals surface area contributed by atoms with Gasteiger partial charge in [0.05, 0.1) is 0 Å². The van der Waals surface area contributed by atoms with Crippen molar-refractivity contribution in [2.75, 3.05) is 0 Å². The predicted octanol–water partition coefficient (Wildman–Crippen LogP) is 4.16. The second-order valence-electron chi connectivity index (χ2n) is 4.18. The number of hydrogen-bond donors (Lipinski definition) is 1. The van der Waals surface area contributed by atoms with Gasteiger partial charge in [-0.1, -0.05) is 57.4 Å². The first-order chi connectivity index (χ1) is 8.22. The Morgan fingerprint density at radius 3 is 2.35 bits per heavy atom. The summed E-state index contributed by atoms with van der Waals surface area (Å²) in [5, 5.41) is 8.96. The van der Waals surface area contributed by atoms with Gasteiger partial charge < -0.3 is 5.11 Å². The highest BCUT2D eigenvalue weighted by molar-refractivity contribution is 5.91. The lowest BCUT2D eigenvalue weighted by Crippen LogP contribution is -1.98. The topological polar surface area (TPSA) is 37.3 Å². The van der Waals surface area contributed by atoms with Gasteiger partial charge in [-0.2, -0.15) is 0 Å². The third kappa shape index (κ3) is 9.68. The van der Waals surface area contributed by atoms with Crippen LogP contribution < -0.4 is 0 Å². The van der Waals surface area contributed by atoms with Crippen LogP contribution in [0.4, 0.5) is 0 Å². The molecule has 0 rings (SSSR count). The molecular weight excluding hydrogens is 212 g/mol. The van der Waals surface area contributed by atoms with Crippen molar-refractivity contribution in [1.82, 2.24) is 0 Å². The van der Waals surface area contributed by atoms with Crippen LogP contribution in [-0.2, 0) is 4.79 Å². The predicted molar refractivity (Wildman–Crippen MR) is 71.8 cm³/mol. The molecule has 1 N–H and O–H groups in total. The van der Waals surface area contributed by atoms with Crippen LogP contribution in [0.5, 0.6) is 0 Å². The van der Waals surface area contributed by atoms with Crippen molar-refractivity contribution in [2.24, 2.45) is 0 Å². The first-order valence-corrected chi connectivity index (χ1v) is 6.64. The molecule has 0 atom stereocenters. The summed E-state index contributed by atoms with van der Waals surface area (Å²) in [5.74, 6) is 4.81. The zero-order valence-electron chi connectivity index (χ0n) is 11.1. The monoisotopic (exact) mass is 236 g/mol. The number of hydrogen-bond acceptors (Lipinski definition) is 1. The molecule has 0 aliphatic rings. The van der Waals surface area contributed by atoms with E-state index in [-0.39, 0.29) is 5.57 Å². The summed E-state index contributed by atoms with van der Waals surface area (Å²) in [6, 6.07) is 0. The molecule has 0 unspecified atom stereocenters. The number of allylic oxidation sites excluding steroid dienone is 1. The molecule has 96 valence electrons. The van der Waals surface area contributed by atoms with Gasteiger partial charge in [0.15, 0.2) is 0 Å². The van der Waals surface area contributed by atoms with Crippen molar-refractivity contribution in [2.45, 2.75) is 65.2 Å². The number of unbranched alkanes of at least 4 members (excludes halogenated alkanes) is 6. The van der Waals surface area contributed by atoms with Gasteiger partial charge in [0.1, 0.15) is 5.57 Å². The molecule has 0 heterocycles. The summed E-state index contributed by atoms with van der Waals surface area (Å²) in [6.07, 6.45) is 10.1.